The van der Waals surface area contributed by atoms with Crippen LogP contribution in [0.3, 0.4) is 0 Å². The number of anilines is 1. The second kappa shape index (κ2) is 7.23. The minimum absolute atomic E-state index is 0.00303. The van der Waals surface area contributed by atoms with E-state index in [1.807, 2.05) is 24.4 Å². The predicted molar refractivity (Wildman–Crippen MR) is 94.9 cm³/mol. The molecule has 0 unspecified atom stereocenters. The van der Waals surface area contributed by atoms with Crippen LogP contribution in [0.15, 0.2) is 23.6 Å². The van der Waals surface area contributed by atoms with E-state index in [0.29, 0.717) is 6.42 Å². The average Bonchev–Trinajstić information content (AvgIpc) is 3.17. The Morgan fingerprint density at radius 1 is 1.30 bits per heavy atom. The number of hydrogen-bond donors (Lipinski definition) is 1. The molecule has 1 saturated heterocycles. The van der Waals surface area contributed by atoms with Crippen molar-refractivity contribution >= 4 is 22.9 Å². The van der Waals surface area contributed by atoms with Crippen LogP contribution in [0.1, 0.15) is 34.7 Å². The Balaban J connectivity index is 1.57. The molecule has 1 aromatic carbocycles. The first-order chi connectivity index (χ1) is 11.1. The molecule has 0 radical (unpaired) electrons. The summed E-state index contributed by atoms with van der Waals surface area (Å²) in [6.07, 6.45) is 2.91. The number of nitrogens with zero attached hydrogens (tertiary/aromatic N) is 2. The van der Waals surface area contributed by atoms with Crippen LogP contribution < -0.4 is 5.32 Å². The van der Waals surface area contributed by atoms with Gasteiger partial charge in [-0.1, -0.05) is 12.1 Å². The van der Waals surface area contributed by atoms with Crippen molar-refractivity contribution in [2.24, 2.45) is 0 Å². The molecule has 4 nitrogen and oxygen atoms in total. The molecule has 0 spiro atoms. The van der Waals surface area contributed by atoms with Gasteiger partial charge in [0.25, 0.3) is 0 Å². The molecule has 0 saturated carbocycles. The Morgan fingerprint density at radius 3 is 2.87 bits per heavy atom. The quantitative estimate of drug-likeness (QED) is 0.912. The molecule has 1 N–H and O–H groups in total. The van der Waals surface area contributed by atoms with Gasteiger partial charge in [0.1, 0.15) is 5.01 Å². The molecular formula is C18H23N3OS. The third-order valence-electron chi connectivity index (χ3n) is 4.38. The minimum Gasteiger partial charge on any atom is -0.325 e. The van der Waals surface area contributed by atoms with E-state index < -0.39 is 0 Å². The van der Waals surface area contributed by atoms with E-state index in [9.17, 15) is 4.79 Å². The van der Waals surface area contributed by atoms with Crippen molar-refractivity contribution in [1.29, 1.82) is 0 Å². The number of benzene rings is 1. The summed E-state index contributed by atoms with van der Waals surface area (Å²) >= 11 is 1.66. The summed E-state index contributed by atoms with van der Waals surface area (Å²) in [5.41, 5.74) is 4.06. The molecule has 122 valence electrons. The Labute approximate surface area is 141 Å². The number of rotatable bonds is 5. The largest absolute Gasteiger partial charge is 0.325 e. The number of aromatic nitrogens is 1. The van der Waals surface area contributed by atoms with Gasteiger partial charge in [0.15, 0.2) is 0 Å². The van der Waals surface area contributed by atoms with Crippen LogP contribution in [-0.2, 0) is 17.8 Å². The van der Waals surface area contributed by atoms with Crippen molar-refractivity contribution in [3.05, 3.63) is 45.4 Å². The van der Waals surface area contributed by atoms with Crippen molar-refractivity contribution in [2.75, 3.05) is 18.4 Å². The summed E-state index contributed by atoms with van der Waals surface area (Å²) in [6.45, 7) is 7.34. The second-order valence-electron chi connectivity index (χ2n) is 6.19. The molecule has 1 aromatic heterocycles. The van der Waals surface area contributed by atoms with Gasteiger partial charge in [0.05, 0.1) is 18.7 Å². The lowest BCUT2D eigenvalue weighted by atomic mass is 10.1. The summed E-state index contributed by atoms with van der Waals surface area (Å²) in [5.74, 6) is -0.00303. The fraction of sp³-hybridized carbons (Fsp3) is 0.444. The molecule has 2 heterocycles. The van der Waals surface area contributed by atoms with E-state index in [1.165, 1.54) is 31.5 Å². The van der Waals surface area contributed by atoms with Crippen LogP contribution in [0.4, 0.5) is 5.69 Å². The topological polar surface area (TPSA) is 45.2 Å². The van der Waals surface area contributed by atoms with Crippen LogP contribution >= 0.6 is 11.3 Å². The number of amides is 1. The van der Waals surface area contributed by atoms with Gasteiger partial charge in [0, 0.05) is 11.1 Å². The van der Waals surface area contributed by atoms with E-state index in [-0.39, 0.29) is 5.91 Å². The number of carbonyl (C=O) groups excluding carboxylic acids is 1. The molecule has 5 heteroatoms. The molecule has 1 aliphatic rings. The lowest BCUT2D eigenvalue weighted by Gasteiger charge is -2.11. The fourth-order valence-electron chi connectivity index (χ4n) is 2.88. The SMILES string of the molecule is Cc1cccc(NC(=O)Cc2csc(CN3CCCC3)n2)c1C. The summed E-state index contributed by atoms with van der Waals surface area (Å²) in [6, 6.07) is 5.96. The van der Waals surface area contributed by atoms with E-state index in [4.69, 9.17) is 0 Å². The molecule has 3 rings (SSSR count). The van der Waals surface area contributed by atoms with Crippen molar-refractivity contribution in [3.63, 3.8) is 0 Å². The highest BCUT2D eigenvalue weighted by molar-refractivity contribution is 7.09. The highest BCUT2D eigenvalue weighted by atomic mass is 32.1. The Morgan fingerprint density at radius 2 is 2.09 bits per heavy atom. The zero-order chi connectivity index (χ0) is 16.2. The van der Waals surface area contributed by atoms with Crippen LogP contribution in [0.25, 0.3) is 0 Å². The van der Waals surface area contributed by atoms with Crippen molar-refractivity contribution in [2.45, 2.75) is 39.7 Å². The van der Waals surface area contributed by atoms with Gasteiger partial charge in [-0.05, 0) is 57.0 Å². The van der Waals surface area contributed by atoms with E-state index in [1.54, 1.807) is 11.3 Å². The number of carbonyl (C=O) groups is 1. The Bertz CT molecular complexity index is 689. The summed E-state index contributed by atoms with van der Waals surface area (Å²) in [7, 11) is 0. The third kappa shape index (κ3) is 4.18. The molecule has 1 aliphatic heterocycles. The summed E-state index contributed by atoms with van der Waals surface area (Å²) in [4.78, 5) is 19.3. The van der Waals surface area contributed by atoms with E-state index >= 15 is 0 Å². The van der Waals surface area contributed by atoms with Crippen molar-refractivity contribution in [3.8, 4) is 0 Å². The second-order valence-corrected chi connectivity index (χ2v) is 7.13. The van der Waals surface area contributed by atoms with Gasteiger partial charge in [-0.15, -0.1) is 11.3 Å². The Hall–Kier alpha value is -1.72. The average molecular weight is 329 g/mol. The molecule has 0 atom stereocenters. The maximum atomic E-state index is 12.2. The van der Waals surface area contributed by atoms with E-state index in [2.05, 4.69) is 28.2 Å². The maximum Gasteiger partial charge on any atom is 0.230 e. The predicted octanol–water partition coefficient (Wildman–Crippen LogP) is 3.54. The Kier molecular flexibility index (Phi) is 5.08. The maximum absolute atomic E-state index is 12.2. The molecule has 1 amide bonds. The molecule has 0 aliphatic carbocycles. The van der Waals surface area contributed by atoms with Crippen LogP contribution in [-0.4, -0.2) is 28.9 Å². The fourth-order valence-corrected chi connectivity index (χ4v) is 3.72. The van der Waals surface area contributed by atoms with Gasteiger partial charge < -0.3 is 5.32 Å². The molecule has 1 fully saturated rings. The smallest absolute Gasteiger partial charge is 0.230 e. The standard InChI is InChI=1S/C18H23N3OS/c1-13-6-5-7-16(14(13)2)20-17(22)10-15-12-23-18(19-15)11-21-8-3-4-9-21/h5-7,12H,3-4,8-11H2,1-2H3,(H,20,22). The number of aryl methyl sites for hydroxylation is 1. The van der Waals surface area contributed by atoms with E-state index in [0.717, 1.165) is 28.5 Å². The lowest BCUT2D eigenvalue weighted by molar-refractivity contribution is -0.115. The summed E-state index contributed by atoms with van der Waals surface area (Å²) < 4.78 is 0. The van der Waals surface area contributed by atoms with Gasteiger partial charge >= 0.3 is 0 Å². The zero-order valence-electron chi connectivity index (χ0n) is 13.8. The highest BCUT2D eigenvalue weighted by Gasteiger charge is 2.15. The first-order valence-electron chi connectivity index (χ1n) is 8.13. The van der Waals surface area contributed by atoms with Crippen LogP contribution in [0.2, 0.25) is 0 Å². The van der Waals surface area contributed by atoms with Gasteiger partial charge in [-0.2, -0.15) is 0 Å². The van der Waals surface area contributed by atoms with Gasteiger partial charge in [-0.3, -0.25) is 9.69 Å². The van der Waals surface area contributed by atoms with Gasteiger partial charge in [-0.25, -0.2) is 4.98 Å². The molecule has 2 aromatic rings. The molecule has 0 bridgehead atoms. The summed E-state index contributed by atoms with van der Waals surface area (Å²) in [5, 5.41) is 6.12. The monoisotopic (exact) mass is 329 g/mol. The third-order valence-corrected chi connectivity index (χ3v) is 5.26. The molecule has 23 heavy (non-hydrogen) atoms. The van der Waals surface area contributed by atoms with Crippen LogP contribution in [0.5, 0.6) is 0 Å². The first kappa shape index (κ1) is 16.1. The molecular weight excluding hydrogens is 306 g/mol. The first-order valence-corrected chi connectivity index (χ1v) is 9.01. The zero-order valence-corrected chi connectivity index (χ0v) is 14.6. The van der Waals surface area contributed by atoms with Crippen molar-refractivity contribution < 1.29 is 4.79 Å². The van der Waals surface area contributed by atoms with Crippen LogP contribution in [0, 0.1) is 13.8 Å². The number of thiazole rings is 1. The van der Waals surface area contributed by atoms with Crippen molar-refractivity contribution in [1.82, 2.24) is 9.88 Å². The number of hydrogen-bond acceptors (Lipinski definition) is 4. The lowest BCUT2D eigenvalue weighted by Crippen LogP contribution is -2.18. The van der Waals surface area contributed by atoms with Gasteiger partial charge in [0.2, 0.25) is 5.91 Å². The highest BCUT2D eigenvalue weighted by Crippen LogP contribution is 2.19. The minimum atomic E-state index is -0.00303. The number of likely N-dealkylation sites (tertiary alicyclic amines) is 1. The normalized spacial score (nSPS) is 15.0. The number of nitrogens with one attached hydrogen (secondary N) is 1.